The monoisotopic (exact) mass is 376 g/mol. The van der Waals surface area contributed by atoms with Gasteiger partial charge in [-0.25, -0.2) is 0 Å². The average Bonchev–Trinajstić information content (AvgIpc) is 2.68. The van der Waals surface area contributed by atoms with Gasteiger partial charge >= 0.3 is 11.4 Å². The van der Waals surface area contributed by atoms with Crippen LogP contribution in [0.25, 0.3) is 6.08 Å². The van der Waals surface area contributed by atoms with Crippen LogP contribution in [0.3, 0.4) is 0 Å². The van der Waals surface area contributed by atoms with Gasteiger partial charge in [0.15, 0.2) is 0 Å². The highest BCUT2D eigenvalue weighted by atomic mass is 32.2. The third-order valence-electron chi connectivity index (χ3n) is 3.42. The van der Waals surface area contributed by atoms with E-state index in [2.05, 4.69) is 6.58 Å². The summed E-state index contributed by atoms with van der Waals surface area (Å²) in [6.45, 7) is 5.37. The third-order valence-corrected chi connectivity index (χ3v) is 4.11. The summed E-state index contributed by atoms with van der Waals surface area (Å²) in [7, 11) is 0. The Labute approximate surface area is 157 Å². The van der Waals surface area contributed by atoms with E-state index in [9.17, 15) is 4.21 Å². The van der Waals surface area contributed by atoms with E-state index in [-0.39, 0.29) is 6.79 Å². The molecule has 2 aromatic carbocycles. The van der Waals surface area contributed by atoms with Crippen LogP contribution in [-0.4, -0.2) is 24.2 Å². The molecule has 0 amide bonds. The average molecular weight is 376 g/mol. The highest BCUT2D eigenvalue weighted by molar-refractivity contribution is 7.75. The second kappa shape index (κ2) is 12.4. The molecule has 140 valence electrons. The van der Waals surface area contributed by atoms with Crippen molar-refractivity contribution in [2.24, 2.45) is 0 Å². The molecule has 0 spiro atoms. The zero-order valence-corrected chi connectivity index (χ0v) is 15.5. The van der Waals surface area contributed by atoms with Gasteiger partial charge in [0.05, 0.1) is 13.2 Å². The number of benzene rings is 2. The van der Waals surface area contributed by atoms with Crippen LogP contribution in [0, 0.1) is 0 Å². The van der Waals surface area contributed by atoms with E-state index >= 15 is 0 Å². The van der Waals surface area contributed by atoms with Gasteiger partial charge in [-0.1, -0.05) is 55.1 Å². The summed E-state index contributed by atoms with van der Waals surface area (Å²) in [4.78, 5) is 0. The van der Waals surface area contributed by atoms with Gasteiger partial charge in [0.1, 0.15) is 12.5 Å². The van der Waals surface area contributed by atoms with Crippen molar-refractivity contribution in [1.29, 1.82) is 0 Å². The van der Waals surface area contributed by atoms with E-state index in [4.69, 9.17) is 17.8 Å². The van der Waals surface area contributed by atoms with Crippen molar-refractivity contribution in [3.8, 4) is 5.75 Å². The predicted molar refractivity (Wildman–Crippen MR) is 103 cm³/mol. The summed E-state index contributed by atoms with van der Waals surface area (Å²) < 4.78 is 32.8. The Kier molecular flexibility index (Phi) is 9.67. The highest BCUT2D eigenvalue weighted by Gasteiger charge is 2.03. The zero-order chi connectivity index (χ0) is 18.5. The number of hydrogen-bond acceptors (Lipinski definition) is 5. The largest absolute Gasteiger partial charge is 0.380 e. The SMILES string of the molecule is C=Cc1ccc(OS(=O)OCCCCOCOCc2ccccc2)cc1. The number of unbranched alkanes of at least 4 members (excludes halogenated alkanes) is 1. The van der Waals surface area contributed by atoms with Crippen LogP contribution in [0.4, 0.5) is 0 Å². The number of rotatable bonds is 13. The molecule has 0 radical (unpaired) electrons. The van der Waals surface area contributed by atoms with Crippen LogP contribution in [0.2, 0.25) is 0 Å². The van der Waals surface area contributed by atoms with Gasteiger partial charge in [-0.05, 0) is 36.1 Å². The molecular weight excluding hydrogens is 352 g/mol. The van der Waals surface area contributed by atoms with Gasteiger partial charge < -0.3 is 13.7 Å². The first kappa shape index (κ1) is 20.3. The van der Waals surface area contributed by atoms with Crippen molar-refractivity contribution in [2.75, 3.05) is 20.0 Å². The summed E-state index contributed by atoms with van der Waals surface area (Å²) in [5, 5.41) is 0. The third kappa shape index (κ3) is 8.40. The molecule has 1 atom stereocenters. The Hall–Kier alpha value is -1.99. The quantitative estimate of drug-likeness (QED) is 0.386. The Balaban J connectivity index is 1.44. The molecule has 6 heteroatoms. The molecule has 5 nitrogen and oxygen atoms in total. The minimum Gasteiger partial charge on any atom is -0.380 e. The van der Waals surface area contributed by atoms with Gasteiger partial charge in [-0.2, -0.15) is 4.21 Å². The van der Waals surface area contributed by atoms with E-state index in [0.717, 1.165) is 24.0 Å². The maximum absolute atomic E-state index is 11.7. The van der Waals surface area contributed by atoms with Gasteiger partial charge in [0.2, 0.25) is 0 Å². The molecule has 0 fully saturated rings. The molecule has 0 aliphatic carbocycles. The maximum Gasteiger partial charge on any atom is 0.360 e. The molecule has 0 bridgehead atoms. The molecule has 2 rings (SSSR count). The molecule has 26 heavy (non-hydrogen) atoms. The lowest BCUT2D eigenvalue weighted by molar-refractivity contribution is -0.0626. The van der Waals surface area contributed by atoms with Crippen molar-refractivity contribution in [2.45, 2.75) is 19.4 Å². The molecule has 0 aliphatic rings. The van der Waals surface area contributed by atoms with E-state index in [1.54, 1.807) is 18.2 Å². The van der Waals surface area contributed by atoms with Gasteiger partial charge in [-0.15, -0.1) is 0 Å². The van der Waals surface area contributed by atoms with E-state index < -0.39 is 11.4 Å². The standard InChI is InChI=1S/C20H24O5S/c1-2-18-10-12-20(13-11-18)25-26(21)24-15-7-6-14-22-17-23-16-19-8-4-3-5-9-19/h2-5,8-13H,1,6-7,14-17H2. The summed E-state index contributed by atoms with van der Waals surface area (Å²) in [5.74, 6) is 0.493. The molecule has 1 unspecified atom stereocenters. The molecular formula is C20H24O5S. The lowest BCUT2D eigenvalue weighted by Gasteiger charge is -2.07. The van der Waals surface area contributed by atoms with Crippen LogP contribution >= 0.6 is 0 Å². The summed E-state index contributed by atoms with van der Waals surface area (Å²) in [5.41, 5.74) is 2.09. The Morgan fingerprint density at radius 3 is 2.38 bits per heavy atom. The van der Waals surface area contributed by atoms with Gasteiger partial charge in [0.25, 0.3) is 0 Å². The Morgan fingerprint density at radius 1 is 0.923 bits per heavy atom. The zero-order valence-electron chi connectivity index (χ0n) is 14.7. The molecule has 0 aromatic heterocycles. The fourth-order valence-electron chi connectivity index (χ4n) is 2.05. The maximum atomic E-state index is 11.7. The normalized spacial score (nSPS) is 11.8. The second-order valence-electron chi connectivity index (χ2n) is 5.45. The van der Waals surface area contributed by atoms with E-state index in [0.29, 0.717) is 25.6 Å². The minimum atomic E-state index is -1.80. The van der Waals surface area contributed by atoms with E-state index in [1.807, 2.05) is 42.5 Å². The number of hydrogen-bond donors (Lipinski definition) is 0. The van der Waals surface area contributed by atoms with Crippen LogP contribution in [0.1, 0.15) is 24.0 Å². The molecule has 0 N–H and O–H groups in total. The van der Waals surface area contributed by atoms with Crippen LogP contribution in [-0.2, 0) is 31.6 Å². The van der Waals surface area contributed by atoms with Crippen LogP contribution in [0.5, 0.6) is 5.75 Å². The fraction of sp³-hybridized carbons (Fsp3) is 0.300. The topological polar surface area (TPSA) is 54.0 Å². The van der Waals surface area contributed by atoms with Crippen LogP contribution in [0.15, 0.2) is 61.2 Å². The van der Waals surface area contributed by atoms with Crippen molar-refractivity contribution in [1.82, 2.24) is 0 Å². The van der Waals surface area contributed by atoms with Crippen molar-refractivity contribution < 1.29 is 22.0 Å². The Morgan fingerprint density at radius 2 is 1.65 bits per heavy atom. The van der Waals surface area contributed by atoms with Crippen molar-refractivity contribution >= 4 is 17.4 Å². The van der Waals surface area contributed by atoms with E-state index in [1.165, 1.54) is 0 Å². The van der Waals surface area contributed by atoms with Gasteiger partial charge in [0, 0.05) is 6.61 Å². The molecule has 0 aliphatic heterocycles. The van der Waals surface area contributed by atoms with Crippen molar-refractivity contribution in [3.63, 3.8) is 0 Å². The highest BCUT2D eigenvalue weighted by Crippen LogP contribution is 2.14. The minimum absolute atomic E-state index is 0.255. The van der Waals surface area contributed by atoms with Crippen LogP contribution < -0.4 is 4.18 Å². The molecule has 0 saturated heterocycles. The van der Waals surface area contributed by atoms with Crippen molar-refractivity contribution in [3.05, 3.63) is 72.3 Å². The first-order valence-corrected chi connectivity index (χ1v) is 9.43. The second-order valence-corrected chi connectivity index (χ2v) is 6.26. The number of ether oxygens (including phenoxy) is 2. The molecule has 2 aromatic rings. The lowest BCUT2D eigenvalue weighted by Crippen LogP contribution is -2.07. The first-order valence-electron chi connectivity index (χ1n) is 8.43. The molecule has 0 saturated carbocycles. The summed E-state index contributed by atoms with van der Waals surface area (Å²) >= 11 is -1.80. The first-order chi connectivity index (χ1) is 12.8. The van der Waals surface area contributed by atoms with Gasteiger partial charge in [-0.3, -0.25) is 4.18 Å². The Bertz CT molecular complexity index is 658. The predicted octanol–water partition coefficient (Wildman–Crippen LogP) is 4.27. The fourth-order valence-corrected chi connectivity index (χ4v) is 2.62. The molecule has 0 heterocycles. The summed E-state index contributed by atoms with van der Waals surface area (Å²) in [6, 6.07) is 17.0. The smallest absolute Gasteiger partial charge is 0.360 e. The lowest BCUT2D eigenvalue weighted by atomic mass is 10.2. The summed E-state index contributed by atoms with van der Waals surface area (Å²) in [6.07, 6.45) is 3.25.